The van der Waals surface area contributed by atoms with Crippen molar-refractivity contribution < 1.29 is 9.47 Å². The zero-order chi connectivity index (χ0) is 14.3. The summed E-state index contributed by atoms with van der Waals surface area (Å²) in [6.07, 6.45) is 6.24. The van der Waals surface area contributed by atoms with Gasteiger partial charge in [0.25, 0.3) is 0 Å². The third-order valence-corrected chi connectivity index (χ3v) is 3.09. The molecular formula is C15H33NO2S. The van der Waals surface area contributed by atoms with Gasteiger partial charge in [0.05, 0.1) is 19.8 Å². The normalized spacial score (nSPS) is 13.1. The van der Waals surface area contributed by atoms with Crippen molar-refractivity contribution in [2.45, 2.75) is 64.2 Å². The Bertz CT molecular complexity index is 160. The van der Waals surface area contributed by atoms with Gasteiger partial charge in [-0.2, -0.15) is 12.6 Å². The topological polar surface area (TPSA) is 30.5 Å². The van der Waals surface area contributed by atoms with Crippen molar-refractivity contribution in [3.8, 4) is 0 Å². The van der Waals surface area contributed by atoms with Crippen LogP contribution in [0, 0.1) is 0 Å². The van der Waals surface area contributed by atoms with Crippen LogP contribution in [0.2, 0.25) is 0 Å². The van der Waals surface area contributed by atoms with Crippen LogP contribution in [0.25, 0.3) is 0 Å². The van der Waals surface area contributed by atoms with Gasteiger partial charge in [0.15, 0.2) is 0 Å². The number of rotatable bonds is 14. The fourth-order valence-electron chi connectivity index (χ4n) is 1.74. The van der Waals surface area contributed by atoms with Gasteiger partial charge in [0.1, 0.15) is 0 Å². The minimum Gasteiger partial charge on any atom is -0.379 e. The summed E-state index contributed by atoms with van der Waals surface area (Å²) >= 11 is 4.37. The fraction of sp³-hybridized carbons (Fsp3) is 1.00. The lowest BCUT2D eigenvalue weighted by atomic mass is 10.1. The number of nitrogens with one attached hydrogen (secondary N) is 1. The average Bonchev–Trinajstić information content (AvgIpc) is 2.34. The van der Waals surface area contributed by atoms with E-state index in [0.717, 1.165) is 32.8 Å². The maximum absolute atomic E-state index is 5.53. The van der Waals surface area contributed by atoms with E-state index in [4.69, 9.17) is 9.47 Å². The molecule has 0 spiro atoms. The Balaban J connectivity index is 2.95. The molecule has 0 aliphatic carbocycles. The molecule has 0 rings (SSSR count). The predicted molar refractivity (Wildman–Crippen MR) is 86.3 cm³/mol. The lowest BCUT2D eigenvalue weighted by molar-refractivity contribution is 0.0469. The highest BCUT2D eigenvalue weighted by Gasteiger charge is 1.96. The Hall–Kier alpha value is 0.230. The molecule has 0 fully saturated rings. The van der Waals surface area contributed by atoms with Gasteiger partial charge in [0.2, 0.25) is 0 Å². The second-order valence-electron chi connectivity index (χ2n) is 5.39. The van der Waals surface area contributed by atoms with E-state index in [1.165, 1.54) is 25.7 Å². The summed E-state index contributed by atoms with van der Waals surface area (Å²) in [5, 5.41) is 3.85. The summed E-state index contributed by atoms with van der Waals surface area (Å²) in [4.78, 5) is 0. The first-order valence-corrected chi connectivity index (χ1v) is 8.21. The van der Waals surface area contributed by atoms with Crippen LogP contribution < -0.4 is 5.32 Å². The van der Waals surface area contributed by atoms with E-state index in [1.54, 1.807) is 0 Å². The van der Waals surface area contributed by atoms with E-state index < -0.39 is 0 Å². The molecule has 0 aromatic heterocycles. The van der Waals surface area contributed by atoms with E-state index >= 15 is 0 Å². The highest BCUT2D eigenvalue weighted by Crippen LogP contribution is 2.08. The van der Waals surface area contributed by atoms with Crippen LogP contribution >= 0.6 is 12.6 Å². The van der Waals surface area contributed by atoms with Crippen molar-refractivity contribution in [1.29, 1.82) is 0 Å². The molecule has 4 heteroatoms. The highest BCUT2D eigenvalue weighted by molar-refractivity contribution is 7.80. The molecule has 0 amide bonds. The van der Waals surface area contributed by atoms with E-state index in [1.807, 2.05) is 0 Å². The number of thiol groups is 1. The number of unbranched alkanes of at least 4 members (excludes halogenated alkanes) is 3. The van der Waals surface area contributed by atoms with Crippen molar-refractivity contribution >= 4 is 12.6 Å². The quantitative estimate of drug-likeness (QED) is 0.380. The molecule has 0 saturated carbocycles. The Morgan fingerprint density at radius 2 is 1.47 bits per heavy atom. The minimum atomic E-state index is 0.533. The third-order valence-electron chi connectivity index (χ3n) is 2.83. The van der Waals surface area contributed by atoms with Gasteiger partial charge in [-0.05, 0) is 18.1 Å². The van der Waals surface area contributed by atoms with Crippen molar-refractivity contribution in [3.05, 3.63) is 0 Å². The van der Waals surface area contributed by atoms with Gasteiger partial charge in [-0.3, -0.25) is 0 Å². The summed E-state index contributed by atoms with van der Waals surface area (Å²) in [7, 11) is 0. The van der Waals surface area contributed by atoms with Crippen LogP contribution in [0.15, 0.2) is 0 Å². The zero-order valence-corrected chi connectivity index (χ0v) is 13.9. The van der Waals surface area contributed by atoms with Gasteiger partial charge in [-0.25, -0.2) is 0 Å². The molecular weight excluding hydrogens is 258 g/mol. The number of hydrogen-bond acceptors (Lipinski definition) is 4. The first kappa shape index (κ1) is 19.2. The smallest absolute Gasteiger partial charge is 0.0701 e. The van der Waals surface area contributed by atoms with Crippen LogP contribution in [0.5, 0.6) is 0 Å². The fourth-order valence-corrected chi connectivity index (χ4v) is 1.92. The third kappa shape index (κ3) is 18.2. The van der Waals surface area contributed by atoms with Crippen molar-refractivity contribution in [3.63, 3.8) is 0 Å². The lowest BCUT2D eigenvalue weighted by Crippen LogP contribution is -2.27. The summed E-state index contributed by atoms with van der Waals surface area (Å²) in [5.41, 5.74) is 0. The van der Waals surface area contributed by atoms with Gasteiger partial charge in [0, 0.05) is 19.2 Å². The molecule has 0 bridgehead atoms. The maximum atomic E-state index is 5.53. The zero-order valence-electron chi connectivity index (χ0n) is 13.0. The van der Waals surface area contributed by atoms with Crippen LogP contribution in [0.1, 0.15) is 52.9 Å². The van der Waals surface area contributed by atoms with Gasteiger partial charge in [-0.15, -0.1) is 0 Å². The molecule has 19 heavy (non-hydrogen) atoms. The summed E-state index contributed by atoms with van der Waals surface area (Å²) in [6.45, 7) is 10.4. The average molecular weight is 292 g/mol. The summed E-state index contributed by atoms with van der Waals surface area (Å²) < 4.78 is 11.0. The summed E-state index contributed by atoms with van der Waals surface area (Å²) in [5.74, 6) is 0. The van der Waals surface area contributed by atoms with Crippen molar-refractivity contribution in [1.82, 2.24) is 5.32 Å². The molecule has 0 aromatic carbocycles. The number of hydrogen-bond donors (Lipinski definition) is 2. The van der Waals surface area contributed by atoms with Gasteiger partial charge >= 0.3 is 0 Å². The van der Waals surface area contributed by atoms with Crippen LogP contribution in [0.4, 0.5) is 0 Å². The Morgan fingerprint density at radius 3 is 2.11 bits per heavy atom. The molecule has 0 aromatic rings. The van der Waals surface area contributed by atoms with Crippen LogP contribution in [-0.2, 0) is 9.47 Å². The maximum Gasteiger partial charge on any atom is 0.0701 e. The second-order valence-corrected chi connectivity index (χ2v) is 6.27. The molecule has 1 N–H and O–H groups in total. The second kappa shape index (κ2) is 14.6. The first-order chi connectivity index (χ1) is 9.13. The van der Waals surface area contributed by atoms with Gasteiger partial charge in [-0.1, -0.05) is 40.0 Å². The monoisotopic (exact) mass is 291 g/mol. The standard InChI is InChI=1S/C15H33NO2S/c1-14(2)16-9-11-18-13-12-17-10-7-5-4-6-8-15(3)19/h14-16,19H,4-13H2,1-3H3. The molecule has 0 aliphatic rings. The molecule has 0 saturated heterocycles. The van der Waals surface area contributed by atoms with Crippen molar-refractivity contribution in [2.24, 2.45) is 0 Å². The molecule has 116 valence electrons. The summed E-state index contributed by atoms with van der Waals surface area (Å²) in [6, 6.07) is 0.533. The first-order valence-electron chi connectivity index (χ1n) is 7.70. The van der Waals surface area contributed by atoms with E-state index in [0.29, 0.717) is 17.9 Å². The highest BCUT2D eigenvalue weighted by atomic mass is 32.1. The molecule has 0 aliphatic heterocycles. The predicted octanol–water partition coefficient (Wildman–Crippen LogP) is 3.29. The number of ether oxygens (including phenoxy) is 2. The van der Waals surface area contributed by atoms with Gasteiger partial charge < -0.3 is 14.8 Å². The SMILES string of the molecule is CC(S)CCCCCCOCCOCCNC(C)C. The van der Waals surface area contributed by atoms with Crippen LogP contribution in [-0.4, -0.2) is 44.3 Å². The molecule has 1 unspecified atom stereocenters. The molecule has 0 heterocycles. The van der Waals surface area contributed by atoms with Crippen LogP contribution in [0.3, 0.4) is 0 Å². The Labute approximate surface area is 125 Å². The lowest BCUT2D eigenvalue weighted by Gasteiger charge is -2.09. The Kier molecular flexibility index (Phi) is 14.8. The minimum absolute atomic E-state index is 0.533. The van der Waals surface area contributed by atoms with E-state index in [2.05, 4.69) is 38.7 Å². The molecule has 3 nitrogen and oxygen atoms in total. The van der Waals surface area contributed by atoms with Crippen molar-refractivity contribution in [2.75, 3.05) is 33.0 Å². The van der Waals surface area contributed by atoms with E-state index in [9.17, 15) is 0 Å². The molecule has 0 radical (unpaired) electrons. The Morgan fingerprint density at radius 1 is 0.842 bits per heavy atom. The largest absolute Gasteiger partial charge is 0.379 e. The molecule has 1 atom stereocenters. The van der Waals surface area contributed by atoms with E-state index in [-0.39, 0.29) is 0 Å².